The molecule has 0 fully saturated rings. The molecule has 60 valence electrons. The number of rotatable bonds is 2. The van der Waals surface area contributed by atoms with Gasteiger partial charge >= 0.3 is 0 Å². The predicted octanol–water partition coefficient (Wildman–Crippen LogP) is 0.375. The number of nitrogens with zero attached hydrogens (tertiary/aromatic N) is 3. The average Bonchev–Trinajstić information content (AvgIpc) is 1.85. The maximum atomic E-state index is 4.89. The van der Waals surface area contributed by atoms with E-state index in [4.69, 9.17) is 4.84 Å². The summed E-state index contributed by atoms with van der Waals surface area (Å²) in [6, 6.07) is 0. The molecule has 0 aliphatic carbocycles. The molecule has 4 nitrogen and oxygen atoms in total. The molecule has 0 aliphatic heterocycles. The molecule has 0 aliphatic rings. The molecular formula is C6H15N3O. The second-order valence-electron chi connectivity index (χ2n) is 2.17. The number of hydrogen-bond acceptors (Lipinski definition) is 3. The average molecular weight is 145 g/mol. The SMILES string of the molecule is CON(C)/C(C)=N/N(C)C. The Bertz CT molecular complexity index is 122. The van der Waals surface area contributed by atoms with E-state index in [0.717, 1.165) is 5.84 Å². The van der Waals surface area contributed by atoms with Crippen molar-refractivity contribution in [2.24, 2.45) is 5.10 Å². The molecule has 4 heteroatoms. The highest BCUT2D eigenvalue weighted by molar-refractivity contribution is 5.77. The van der Waals surface area contributed by atoms with Gasteiger partial charge < -0.3 is 5.01 Å². The molecule has 0 saturated heterocycles. The zero-order valence-corrected chi connectivity index (χ0v) is 7.25. The fraction of sp³-hybridized carbons (Fsp3) is 0.833. The van der Waals surface area contributed by atoms with E-state index in [-0.39, 0.29) is 0 Å². The van der Waals surface area contributed by atoms with E-state index < -0.39 is 0 Å². The van der Waals surface area contributed by atoms with Crippen LogP contribution in [0.15, 0.2) is 5.10 Å². The Kier molecular flexibility index (Phi) is 3.79. The van der Waals surface area contributed by atoms with Gasteiger partial charge in [0.1, 0.15) is 5.84 Å². The highest BCUT2D eigenvalue weighted by atomic mass is 16.7. The van der Waals surface area contributed by atoms with Crippen molar-refractivity contribution < 1.29 is 4.84 Å². The van der Waals surface area contributed by atoms with Crippen molar-refractivity contribution in [1.82, 2.24) is 10.1 Å². The van der Waals surface area contributed by atoms with Crippen molar-refractivity contribution in [2.45, 2.75) is 6.92 Å². The maximum absolute atomic E-state index is 4.89. The summed E-state index contributed by atoms with van der Waals surface area (Å²) < 4.78 is 0. The highest BCUT2D eigenvalue weighted by Crippen LogP contribution is 1.87. The van der Waals surface area contributed by atoms with Crippen molar-refractivity contribution in [1.29, 1.82) is 0 Å². The summed E-state index contributed by atoms with van der Waals surface area (Å²) in [6.07, 6.45) is 0. The van der Waals surface area contributed by atoms with E-state index in [1.54, 1.807) is 17.2 Å². The van der Waals surface area contributed by atoms with Gasteiger partial charge in [-0.25, -0.2) is 5.06 Å². The first-order chi connectivity index (χ1) is 4.57. The summed E-state index contributed by atoms with van der Waals surface area (Å²) in [7, 11) is 7.15. The lowest BCUT2D eigenvalue weighted by atomic mass is 10.7. The molecule has 0 saturated carbocycles. The molecule has 0 rings (SSSR count). The molecule has 0 aromatic heterocycles. The van der Waals surface area contributed by atoms with Crippen molar-refractivity contribution in [3.63, 3.8) is 0 Å². The van der Waals surface area contributed by atoms with Crippen LogP contribution in [0.2, 0.25) is 0 Å². The first-order valence-corrected chi connectivity index (χ1v) is 3.08. The Labute approximate surface area is 62.0 Å². The van der Waals surface area contributed by atoms with E-state index in [1.165, 1.54) is 0 Å². The van der Waals surface area contributed by atoms with Gasteiger partial charge in [-0.1, -0.05) is 0 Å². The van der Waals surface area contributed by atoms with Gasteiger partial charge in [-0.05, 0) is 6.92 Å². The first kappa shape index (κ1) is 9.23. The van der Waals surface area contributed by atoms with E-state index >= 15 is 0 Å². The second kappa shape index (κ2) is 4.11. The van der Waals surface area contributed by atoms with Gasteiger partial charge in [-0.3, -0.25) is 4.84 Å². The Hall–Kier alpha value is -0.770. The lowest BCUT2D eigenvalue weighted by Gasteiger charge is -2.16. The summed E-state index contributed by atoms with van der Waals surface area (Å²) >= 11 is 0. The van der Waals surface area contributed by atoms with Crippen LogP contribution in [-0.4, -0.2) is 44.2 Å². The van der Waals surface area contributed by atoms with Crippen molar-refractivity contribution in [3.05, 3.63) is 0 Å². The van der Waals surface area contributed by atoms with Crippen LogP contribution in [0.3, 0.4) is 0 Å². The molecule has 0 unspecified atom stereocenters. The molecule has 0 bridgehead atoms. The van der Waals surface area contributed by atoms with Gasteiger partial charge in [-0.15, -0.1) is 0 Å². The van der Waals surface area contributed by atoms with E-state index in [0.29, 0.717) is 0 Å². The molecule has 0 radical (unpaired) electrons. The van der Waals surface area contributed by atoms with Crippen LogP contribution in [0.25, 0.3) is 0 Å². The minimum atomic E-state index is 0.826. The zero-order valence-electron chi connectivity index (χ0n) is 7.25. The summed E-state index contributed by atoms with van der Waals surface area (Å²) in [5.41, 5.74) is 0. The van der Waals surface area contributed by atoms with Gasteiger partial charge in [0.05, 0.1) is 7.11 Å². The number of hydrazone groups is 1. The van der Waals surface area contributed by atoms with Crippen molar-refractivity contribution >= 4 is 5.84 Å². The van der Waals surface area contributed by atoms with Gasteiger partial charge in [0.15, 0.2) is 0 Å². The van der Waals surface area contributed by atoms with Crippen LogP contribution in [0.4, 0.5) is 0 Å². The van der Waals surface area contributed by atoms with Crippen LogP contribution in [0.1, 0.15) is 6.92 Å². The molecule has 0 atom stereocenters. The third-order valence-corrected chi connectivity index (χ3v) is 1.07. The molecule has 10 heavy (non-hydrogen) atoms. The third kappa shape index (κ3) is 3.29. The van der Waals surface area contributed by atoms with Crippen LogP contribution < -0.4 is 0 Å². The molecule has 0 aromatic carbocycles. The lowest BCUT2D eigenvalue weighted by Crippen LogP contribution is -2.24. The highest BCUT2D eigenvalue weighted by Gasteiger charge is 1.96. The topological polar surface area (TPSA) is 28.1 Å². The van der Waals surface area contributed by atoms with Crippen LogP contribution >= 0.6 is 0 Å². The van der Waals surface area contributed by atoms with E-state index in [9.17, 15) is 0 Å². The Morgan fingerprint density at radius 2 is 1.80 bits per heavy atom. The molecular weight excluding hydrogens is 130 g/mol. The van der Waals surface area contributed by atoms with Crippen LogP contribution in [0.5, 0.6) is 0 Å². The van der Waals surface area contributed by atoms with E-state index in [2.05, 4.69) is 5.10 Å². The maximum Gasteiger partial charge on any atom is 0.145 e. The largest absolute Gasteiger partial charge is 0.301 e. The van der Waals surface area contributed by atoms with Crippen molar-refractivity contribution in [3.8, 4) is 0 Å². The Morgan fingerprint density at radius 3 is 2.10 bits per heavy atom. The second-order valence-corrected chi connectivity index (χ2v) is 2.17. The standard InChI is InChI=1S/C6H15N3O/c1-6(7-8(2)3)9(4)10-5/h1-5H3/b7-6+. The summed E-state index contributed by atoms with van der Waals surface area (Å²) in [5, 5.41) is 7.42. The summed E-state index contributed by atoms with van der Waals surface area (Å²) in [5.74, 6) is 0.826. The quantitative estimate of drug-likeness (QED) is 0.319. The fourth-order valence-electron chi connectivity index (χ4n) is 0.485. The smallest absolute Gasteiger partial charge is 0.145 e. The van der Waals surface area contributed by atoms with Gasteiger partial charge in [0.2, 0.25) is 0 Å². The number of amidine groups is 1. The van der Waals surface area contributed by atoms with Gasteiger partial charge in [0, 0.05) is 21.1 Å². The zero-order chi connectivity index (χ0) is 8.15. The van der Waals surface area contributed by atoms with Crippen molar-refractivity contribution in [2.75, 3.05) is 28.3 Å². The molecule has 0 N–H and O–H groups in total. The molecule has 0 spiro atoms. The molecule has 0 heterocycles. The molecule has 0 aromatic rings. The minimum absolute atomic E-state index is 0.826. The molecule has 0 amide bonds. The summed E-state index contributed by atoms with van der Waals surface area (Å²) in [6.45, 7) is 1.88. The third-order valence-electron chi connectivity index (χ3n) is 1.07. The Morgan fingerprint density at radius 1 is 1.30 bits per heavy atom. The predicted molar refractivity (Wildman–Crippen MR) is 41.6 cm³/mol. The number of hydrogen-bond donors (Lipinski definition) is 0. The van der Waals surface area contributed by atoms with Gasteiger partial charge in [-0.2, -0.15) is 5.10 Å². The lowest BCUT2D eigenvalue weighted by molar-refractivity contribution is -0.0436. The minimum Gasteiger partial charge on any atom is -0.301 e. The fourth-order valence-corrected chi connectivity index (χ4v) is 0.485. The monoisotopic (exact) mass is 145 g/mol. The van der Waals surface area contributed by atoms with E-state index in [1.807, 2.05) is 28.1 Å². The normalized spacial score (nSPS) is 11.5. The number of hydroxylamine groups is 2. The van der Waals surface area contributed by atoms with Gasteiger partial charge in [0.25, 0.3) is 0 Å². The Balaban J connectivity index is 3.91. The van der Waals surface area contributed by atoms with Crippen LogP contribution in [0, 0.1) is 0 Å². The van der Waals surface area contributed by atoms with Crippen LogP contribution in [-0.2, 0) is 4.84 Å². The first-order valence-electron chi connectivity index (χ1n) is 3.08. The summed E-state index contributed by atoms with van der Waals surface area (Å²) in [4.78, 5) is 4.89.